The average Bonchev–Trinajstić information content (AvgIpc) is 3.08. The summed E-state index contributed by atoms with van der Waals surface area (Å²) >= 11 is 0. The van der Waals surface area contributed by atoms with Crippen LogP contribution in [0.2, 0.25) is 0 Å². The van der Waals surface area contributed by atoms with Crippen LogP contribution < -0.4 is 0 Å². The van der Waals surface area contributed by atoms with Crippen molar-refractivity contribution in [1.29, 1.82) is 0 Å². The Balaban J connectivity index is 2.06. The minimum absolute atomic E-state index is 0.988. The van der Waals surface area contributed by atoms with Gasteiger partial charge in [0, 0.05) is 12.6 Å². The largest absolute Gasteiger partial charge is 0.283 e. The van der Waals surface area contributed by atoms with Crippen molar-refractivity contribution in [2.75, 3.05) is 0 Å². The molecule has 0 aliphatic carbocycles. The number of imidazole rings is 1. The summed E-state index contributed by atoms with van der Waals surface area (Å²) in [7, 11) is 1.98. The first-order valence-corrected chi connectivity index (χ1v) is 7.69. The predicted octanol–water partition coefficient (Wildman–Crippen LogP) is 4.04. The zero-order valence-corrected chi connectivity index (χ0v) is 13.5. The molecule has 114 valence electrons. The van der Waals surface area contributed by atoms with Gasteiger partial charge in [-0.25, -0.2) is 4.98 Å². The molecule has 0 saturated heterocycles. The maximum Gasteiger partial charge on any atom is 0.144 e. The molecule has 4 nitrogen and oxygen atoms in total. The Kier molecular flexibility index (Phi) is 3.05. The summed E-state index contributed by atoms with van der Waals surface area (Å²) in [6, 6.07) is 16.6. The van der Waals surface area contributed by atoms with Crippen LogP contribution in [0.4, 0.5) is 0 Å². The third kappa shape index (κ3) is 2.06. The number of aryl methyl sites for hydroxylation is 3. The van der Waals surface area contributed by atoms with Crippen LogP contribution in [0, 0.1) is 13.8 Å². The summed E-state index contributed by atoms with van der Waals surface area (Å²) in [6.45, 7) is 4.20. The second kappa shape index (κ2) is 5.09. The molecule has 4 aromatic rings. The zero-order valence-electron chi connectivity index (χ0n) is 13.5. The fraction of sp³-hybridized carbons (Fsp3) is 0.158. The van der Waals surface area contributed by atoms with Crippen LogP contribution in [0.15, 0.2) is 54.9 Å². The summed E-state index contributed by atoms with van der Waals surface area (Å²) in [5.74, 6) is 1.05. The molecule has 0 saturated carbocycles. The van der Waals surface area contributed by atoms with E-state index in [1.807, 2.05) is 36.3 Å². The molecule has 0 fully saturated rings. The molecular formula is C19H18N4. The first-order chi connectivity index (χ1) is 11.2. The quantitative estimate of drug-likeness (QED) is 0.560. The van der Waals surface area contributed by atoms with Gasteiger partial charge in [-0.3, -0.25) is 9.25 Å². The van der Waals surface area contributed by atoms with E-state index in [1.54, 1.807) is 0 Å². The van der Waals surface area contributed by atoms with Gasteiger partial charge in [0.2, 0.25) is 0 Å². The van der Waals surface area contributed by atoms with Crippen LogP contribution in [0.25, 0.3) is 28.0 Å². The molecule has 0 atom stereocenters. The van der Waals surface area contributed by atoms with E-state index in [2.05, 4.69) is 58.8 Å². The molecule has 4 heteroatoms. The van der Waals surface area contributed by atoms with E-state index >= 15 is 0 Å². The molecule has 0 aliphatic rings. The van der Waals surface area contributed by atoms with Gasteiger partial charge in [-0.1, -0.05) is 36.4 Å². The Labute approximate surface area is 135 Å². The summed E-state index contributed by atoms with van der Waals surface area (Å²) in [5.41, 5.74) is 6.72. The van der Waals surface area contributed by atoms with Gasteiger partial charge in [-0.05, 0) is 37.1 Å². The fourth-order valence-electron chi connectivity index (χ4n) is 3.22. The Morgan fingerprint density at radius 3 is 2.48 bits per heavy atom. The maximum atomic E-state index is 4.66. The monoisotopic (exact) mass is 302 g/mol. The predicted molar refractivity (Wildman–Crippen MR) is 92.7 cm³/mol. The van der Waals surface area contributed by atoms with Crippen LogP contribution in [-0.4, -0.2) is 19.3 Å². The second-order valence-corrected chi connectivity index (χ2v) is 5.83. The second-order valence-electron chi connectivity index (χ2n) is 5.83. The van der Waals surface area contributed by atoms with Crippen LogP contribution in [0.1, 0.15) is 11.3 Å². The van der Waals surface area contributed by atoms with E-state index in [-0.39, 0.29) is 0 Å². The highest BCUT2D eigenvalue weighted by atomic mass is 15.3. The molecule has 0 unspecified atom stereocenters. The molecular weight excluding hydrogens is 284 g/mol. The number of fused-ring (bicyclic) bond motifs is 1. The molecule has 2 aromatic heterocycles. The summed E-state index contributed by atoms with van der Waals surface area (Å²) < 4.78 is 4.06. The smallest absolute Gasteiger partial charge is 0.144 e. The molecule has 2 aromatic carbocycles. The molecule has 23 heavy (non-hydrogen) atoms. The highest BCUT2D eigenvalue weighted by molar-refractivity contribution is 5.82. The molecule has 0 radical (unpaired) electrons. The van der Waals surface area contributed by atoms with Crippen molar-refractivity contribution >= 4 is 11.0 Å². The molecule has 4 rings (SSSR count). The molecule has 0 amide bonds. The topological polar surface area (TPSA) is 35.6 Å². The standard InChI is InChI=1S/C19H18N4/c1-13-8-4-5-9-15(13)18-14(2)21-22(3)19(18)23-12-20-16-10-6-7-11-17(16)23/h4-12H,1-3H3. The Hall–Kier alpha value is -2.88. The van der Waals surface area contributed by atoms with Gasteiger partial charge in [0.1, 0.15) is 12.1 Å². The fourth-order valence-corrected chi connectivity index (χ4v) is 3.22. The number of hydrogen-bond donors (Lipinski definition) is 0. The average molecular weight is 302 g/mol. The lowest BCUT2D eigenvalue weighted by atomic mass is 10.0. The van der Waals surface area contributed by atoms with Gasteiger partial charge in [0.25, 0.3) is 0 Å². The minimum Gasteiger partial charge on any atom is -0.283 e. The summed E-state index contributed by atoms with van der Waals surface area (Å²) in [6.07, 6.45) is 1.88. The number of aromatic nitrogens is 4. The molecule has 0 N–H and O–H groups in total. The number of benzene rings is 2. The van der Waals surface area contributed by atoms with Gasteiger partial charge < -0.3 is 0 Å². The number of nitrogens with zero attached hydrogens (tertiary/aromatic N) is 4. The lowest BCUT2D eigenvalue weighted by Gasteiger charge is -2.11. The van der Waals surface area contributed by atoms with Crippen LogP contribution in [0.5, 0.6) is 0 Å². The highest BCUT2D eigenvalue weighted by Gasteiger charge is 2.19. The highest BCUT2D eigenvalue weighted by Crippen LogP contribution is 2.33. The first kappa shape index (κ1) is 13.8. The van der Waals surface area contributed by atoms with Crippen molar-refractivity contribution in [2.24, 2.45) is 7.05 Å². The van der Waals surface area contributed by atoms with Crippen LogP contribution in [-0.2, 0) is 7.05 Å². The normalized spacial score (nSPS) is 11.3. The Morgan fingerprint density at radius 1 is 0.913 bits per heavy atom. The number of hydrogen-bond acceptors (Lipinski definition) is 2. The minimum atomic E-state index is 0.988. The van der Waals surface area contributed by atoms with E-state index in [9.17, 15) is 0 Å². The van der Waals surface area contributed by atoms with Gasteiger partial charge in [-0.2, -0.15) is 5.10 Å². The van der Waals surface area contributed by atoms with Crippen LogP contribution >= 0.6 is 0 Å². The van der Waals surface area contributed by atoms with E-state index in [1.165, 1.54) is 11.1 Å². The van der Waals surface area contributed by atoms with Crippen molar-refractivity contribution in [2.45, 2.75) is 13.8 Å². The summed E-state index contributed by atoms with van der Waals surface area (Å²) in [4.78, 5) is 4.52. The molecule has 0 aliphatic heterocycles. The maximum absolute atomic E-state index is 4.66. The van der Waals surface area contributed by atoms with E-state index in [0.717, 1.165) is 28.1 Å². The van der Waals surface area contributed by atoms with Crippen molar-refractivity contribution in [3.8, 4) is 16.9 Å². The number of para-hydroxylation sites is 2. The number of rotatable bonds is 2. The van der Waals surface area contributed by atoms with Crippen molar-refractivity contribution in [3.05, 3.63) is 66.1 Å². The molecule has 2 heterocycles. The SMILES string of the molecule is Cc1ccccc1-c1c(C)nn(C)c1-n1cnc2ccccc21. The summed E-state index contributed by atoms with van der Waals surface area (Å²) in [5, 5.41) is 4.66. The molecule has 0 spiro atoms. The van der Waals surface area contributed by atoms with Gasteiger partial charge in [-0.15, -0.1) is 0 Å². The lowest BCUT2D eigenvalue weighted by molar-refractivity contribution is 0.727. The van der Waals surface area contributed by atoms with Crippen molar-refractivity contribution in [1.82, 2.24) is 19.3 Å². The van der Waals surface area contributed by atoms with Gasteiger partial charge in [0.05, 0.1) is 16.7 Å². The van der Waals surface area contributed by atoms with E-state index in [0.29, 0.717) is 0 Å². The van der Waals surface area contributed by atoms with Crippen molar-refractivity contribution in [3.63, 3.8) is 0 Å². The van der Waals surface area contributed by atoms with Crippen LogP contribution in [0.3, 0.4) is 0 Å². The Bertz CT molecular complexity index is 1010. The first-order valence-electron chi connectivity index (χ1n) is 7.69. The zero-order chi connectivity index (χ0) is 16.0. The van der Waals surface area contributed by atoms with Gasteiger partial charge in [0.15, 0.2) is 0 Å². The van der Waals surface area contributed by atoms with Crippen molar-refractivity contribution < 1.29 is 0 Å². The molecule has 0 bridgehead atoms. The van der Waals surface area contributed by atoms with E-state index < -0.39 is 0 Å². The lowest BCUT2D eigenvalue weighted by Crippen LogP contribution is -2.03. The van der Waals surface area contributed by atoms with Gasteiger partial charge >= 0.3 is 0 Å². The van der Waals surface area contributed by atoms with E-state index in [4.69, 9.17) is 0 Å². The third-order valence-corrected chi connectivity index (χ3v) is 4.29. The third-order valence-electron chi connectivity index (χ3n) is 4.29. The Morgan fingerprint density at radius 2 is 1.65 bits per heavy atom.